The van der Waals surface area contributed by atoms with E-state index in [1.807, 2.05) is 6.07 Å². The molecule has 72 valence electrons. The van der Waals surface area contributed by atoms with Gasteiger partial charge in [0.1, 0.15) is 5.75 Å². The summed E-state index contributed by atoms with van der Waals surface area (Å²) in [6.45, 7) is 1.31. The van der Waals surface area contributed by atoms with E-state index in [-0.39, 0.29) is 0 Å². The number of rotatable bonds is 2. The van der Waals surface area contributed by atoms with E-state index in [1.54, 1.807) is 0 Å². The van der Waals surface area contributed by atoms with Crippen LogP contribution in [0.25, 0.3) is 0 Å². The third kappa shape index (κ3) is 1.87. The van der Waals surface area contributed by atoms with E-state index in [4.69, 9.17) is 4.74 Å². The van der Waals surface area contributed by atoms with Crippen molar-refractivity contribution in [2.24, 2.45) is 4.99 Å². The van der Waals surface area contributed by atoms with Crippen molar-refractivity contribution in [3.8, 4) is 5.75 Å². The van der Waals surface area contributed by atoms with Gasteiger partial charge in [-0.25, -0.2) is 4.99 Å². The maximum Gasteiger partial charge on any atom is 0.127 e. The van der Waals surface area contributed by atoms with Crippen LogP contribution in [0.15, 0.2) is 21.6 Å². The van der Waals surface area contributed by atoms with Gasteiger partial charge in [-0.2, -0.15) is 0 Å². The van der Waals surface area contributed by atoms with Crippen molar-refractivity contribution >= 4 is 33.3 Å². The Bertz CT molecular complexity index is 413. The van der Waals surface area contributed by atoms with Crippen LogP contribution < -0.4 is 4.74 Å². The Morgan fingerprint density at radius 3 is 3.21 bits per heavy atom. The first kappa shape index (κ1) is 9.84. The molecule has 0 unspecified atom stereocenters. The average Bonchev–Trinajstić information content (AvgIpc) is 2.61. The van der Waals surface area contributed by atoms with Crippen LogP contribution in [0.3, 0.4) is 0 Å². The Kier molecular flexibility index (Phi) is 2.96. The second-order valence-corrected chi connectivity index (χ2v) is 4.16. The fraction of sp³-hybridized carbons (Fsp3) is 0.300. The number of benzene rings is 1. The standard InChI is InChI=1S/C10H8BrNOS/c11-9-3-7-1-2-13-10(7)8(4-9)5-12-6-14/h3-4H,1-2,5H2. The lowest BCUT2D eigenvalue weighted by atomic mass is 10.1. The minimum absolute atomic E-state index is 0.547. The summed E-state index contributed by atoms with van der Waals surface area (Å²) in [5.74, 6) is 0.974. The molecule has 1 aliphatic rings. The maximum atomic E-state index is 5.54. The molecule has 1 aliphatic heterocycles. The zero-order valence-corrected chi connectivity index (χ0v) is 9.82. The summed E-state index contributed by atoms with van der Waals surface area (Å²) in [7, 11) is 0. The Balaban J connectivity index is 2.43. The summed E-state index contributed by atoms with van der Waals surface area (Å²) in [4.78, 5) is 3.92. The smallest absolute Gasteiger partial charge is 0.127 e. The molecule has 2 nitrogen and oxygen atoms in total. The normalized spacial score (nSPS) is 12.9. The predicted octanol–water partition coefficient (Wildman–Crippen LogP) is 2.99. The van der Waals surface area contributed by atoms with Gasteiger partial charge in [0.2, 0.25) is 0 Å². The molecule has 0 fully saturated rings. The molecule has 0 amide bonds. The first-order valence-electron chi connectivity index (χ1n) is 4.29. The van der Waals surface area contributed by atoms with Crippen LogP contribution in [-0.4, -0.2) is 11.8 Å². The summed E-state index contributed by atoms with van der Waals surface area (Å²) in [5, 5.41) is 2.36. The molecular weight excluding hydrogens is 262 g/mol. The van der Waals surface area contributed by atoms with E-state index < -0.39 is 0 Å². The van der Waals surface area contributed by atoms with E-state index in [2.05, 4.69) is 44.4 Å². The van der Waals surface area contributed by atoms with Gasteiger partial charge >= 0.3 is 0 Å². The van der Waals surface area contributed by atoms with Crippen LogP contribution in [0, 0.1) is 0 Å². The van der Waals surface area contributed by atoms with Crippen LogP contribution in [0.1, 0.15) is 11.1 Å². The van der Waals surface area contributed by atoms with Crippen LogP contribution in [0.5, 0.6) is 5.75 Å². The number of aliphatic imine (C=N–C) groups is 1. The molecule has 4 heteroatoms. The molecule has 1 aromatic carbocycles. The van der Waals surface area contributed by atoms with E-state index in [1.165, 1.54) is 5.56 Å². The Hall–Kier alpha value is -0.700. The largest absolute Gasteiger partial charge is 0.493 e. The summed E-state index contributed by atoms with van der Waals surface area (Å²) in [5.41, 5.74) is 2.32. The monoisotopic (exact) mass is 269 g/mol. The summed E-state index contributed by atoms with van der Waals surface area (Å²) >= 11 is 8.01. The third-order valence-corrected chi connectivity index (χ3v) is 2.73. The van der Waals surface area contributed by atoms with Crippen LogP contribution in [0.4, 0.5) is 0 Å². The molecule has 14 heavy (non-hydrogen) atoms. The fourth-order valence-electron chi connectivity index (χ4n) is 1.58. The number of fused-ring (bicyclic) bond motifs is 1. The number of hydrogen-bond donors (Lipinski definition) is 0. The highest BCUT2D eigenvalue weighted by molar-refractivity contribution is 9.10. The average molecular weight is 270 g/mol. The van der Waals surface area contributed by atoms with Gasteiger partial charge in [-0.15, -0.1) is 0 Å². The number of ether oxygens (including phenoxy) is 1. The van der Waals surface area contributed by atoms with Gasteiger partial charge in [-0.1, -0.05) is 15.9 Å². The molecule has 1 aromatic rings. The fourth-order valence-corrected chi connectivity index (χ4v) is 2.20. The number of hydrogen-bond acceptors (Lipinski definition) is 3. The number of isothiocyanates is 1. The van der Waals surface area contributed by atoms with Gasteiger partial charge in [0.05, 0.1) is 18.3 Å². The van der Waals surface area contributed by atoms with Gasteiger partial charge in [-0.05, 0) is 29.9 Å². The molecule has 1 heterocycles. The van der Waals surface area contributed by atoms with Gasteiger partial charge in [0.15, 0.2) is 0 Å². The SMILES string of the molecule is S=C=NCc1cc(Br)cc2c1OCC2. The highest BCUT2D eigenvalue weighted by Gasteiger charge is 2.16. The second kappa shape index (κ2) is 4.22. The minimum Gasteiger partial charge on any atom is -0.493 e. The Morgan fingerprint density at radius 1 is 1.57 bits per heavy atom. The lowest BCUT2D eigenvalue weighted by molar-refractivity contribution is 0.353. The molecule has 0 radical (unpaired) electrons. The maximum absolute atomic E-state index is 5.54. The summed E-state index contributed by atoms with van der Waals surface area (Å²) in [6.07, 6.45) is 0.975. The number of halogens is 1. The lowest BCUT2D eigenvalue weighted by Crippen LogP contribution is -1.90. The van der Waals surface area contributed by atoms with Crippen molar-refractivity contribution < 1.29 is 4.74 Å². The molecule has 0 spiro atoms. The quantitative estimate of drug-likeness (QED) is 0.608. The van der Waals surface area contributed by atoms with Crippen molar-refractivity contribution in [3.63, 3.8) is 0 Å². The highest BCUT2D eigenvalue weighted by atomic mass is 79.9. The van der Waals surface area contributed by atoms with Gasteiger partial charge < -0.3 is 4.74 Å². The first-order valence-corrected chi connectivity index (χ1v) is 5.49. The van der Waals surface area contributed by atoms with Crippen molar-refractivity contribution in [2.75, 3.05) is 6.61 Å². The first-order chi connectivity index (χ1) is 6.81. The Morgan fingerprint density at radius 2 is 2.43 bits per heavy atom. The van der Waals surface area contributed by atoms with E-state index >= 15 is 0 Å². The van der Waals surface area contributed by atoms with Crippen LogP contribution in [-0.2, 0) is 13.0 Å². The third-order valence-electron chi connectivity index (χ3n) is 2.14. The molecule has 0 N–H and O–H groups in total. The molecule has 0 atom stereocenters. The molecule has 2 rings (SSSR count). The Labute approximate surface area is 96.1 Å². The molecule has 0 aliphatic carbocycles. The van der Waals surface area contributed by atoms with Crippen molar-refractivity contribution in [1.82, 2.24) is 0 Å². The lowest BCUT2D eigenvalue weighted by Gasteiger charge is -2.05. The molecule has 0 saturated heterocycles. The molecule has 0 bridgehead atoms. The van der Waals surface area contributed by atoms with E-state index in [0.29, 0.717) is 6.54 Å². The topological polar surface area (TPSA) is 21.6 Å². The zero-order valence-electron chi connectivity index (χ0n) is 7.42. The number of thiocarbonyl (C=S) groups is 1. The van der Waals surface area contributed by atoms with E-state index in [9.17, 15) is 0 Å². The van der Waals surface area contributed by atoms with Gasteiger partial charge in [0.25, 0.3) is 0 Å². The summed E-state index contributed by atoms with van der Waals surface area (Å²) in [6, 6.07) is 4.10. The predicted molar refractivity (Wildman–Crippen MR) is 62.1 cm³/mol. The van der Waals surface area contributed by atoms with Gasteiger partial charge in [-0.3, -0.25) is 0 Å². The summed E-state index contributed by atoms with van der Waals surface area (Å²) < 4.78 is 6.61. The molecule has 0 aromatic heterocycles. The van der Waals surface area contributed by atoms with Crippen molar-refractivity contribution in [1.29, 1.82) is 0 Å². The molecule has 0 saturated carbocycles. The van der Waals surface area contributed by atoms with E-state index in [0.717, 1.165) is 28.8 Å². The van der Waals surface area contributed by atoms with Crippen LogP contribution in [0.2, 0.25) is 0 Å². The van der Waals surface area contributed by atoms with Crippen molar-refractivity contribution in [2.45, 2.75) is 13.0 Å². The molecular formula is C10H8BrNOS. The van der Waals surface area contributed by atoms with Crippen molar-refractivity contribution in [3.05, 3.63) is 27.7 Å². The zero-order chi connectivity index (χ0) is 9.97. The second-order valence-electron chi connectivity index (χ2n) is 3.06. The number of nitrogens with zero attached hydrogens (tertiary/aromatic N) is 1. The minimum atomic E-state index is 0.547. The van der Waals surface area contributed by atoms with Gasteiger partial charge in [0, 0.05) is 16.5 Å². The van der Waals surface area contributed by atoms with Crippen LogP contribution >= 0.6 is 28.1 Å². The highest BCUT2D eigenvalue weighted by Crippen LogP contribution is 2.33.